The van der Waals surface area contributed by atoms with Crippen molar-refractivity contribution in [3.63, 3.8) is 0 Å². The van der Waals surface area contributed by atoms with Crippen LogP contribution in [-0.4, -0.2) is 51.3 Å². The van der Waals surface area contributed by atoms with E-state index in [4.69, 9.17) is 4.42 Å². The number of carbonyl (C=O) groups excluding carboxylic acids is 2. The van der Waals surface area contributed by atoms with Crippen LogP contribution >= 0.6 is 0 Å². The Balaban J connectivity index is 1.80. The largest absolute Gasteiger partial charge is 0.451 e. The van der Waals surface area contributed by atoms with E-state index in [1.807, 2.05) is 13.8 Å². The van der Waals surface area contributed by atoms with E-state index in [9.17, 15) is 18.0 Å². The average Bonchev–Trinajstić information content (AvgIpc) is 3.10. The van der Waals surface area contributed by atoms with E-state index in [2.05, 4.69) is 10.0 Å². The summed E-state index contributed by atoms with van der Waals surface area (Å²) in [6, 6.07) is 6.03. The molecule has 2 N–H and O–H groups in total. The second-order valence-electron chi connectivity index (χ2n) is 7.27. The third-order valence-electron chi connectivity index (χ3n) is 4.79. The minimum absolute atomic E-state index is 0.0426. The number of carbonyl (C=O) groups is 2. The van der Waals surface area contributed by atoms with Gasteiger partial charge in [0.25, 0.3) is 5.91 Å². The molecular weight excluding hydrogens is 382 g/mol. The predicted octanol–water partition coefficient (Wildman–Crippen LogP) is 1.72. The molecule has 3 rings (SSSR count). The van der Waals surface area contributed by atoms with Gasteiger partial charge in [0.2, 0.25) is 15.9 Å². The van der Waals surface area contributed by atoms with E-state index in [1.54, 1.807) is 11.0 Å². The second kappa shape index (κ2) is 7.92. The number of fused-ring (bicyclic) bond motifs is 1. The van der Waals surface area contributed by atoms with Crippen LogP contribution in [0.1, 0.15) is 37.2 Å². The molecule has 1 fully saturated rings. The predicted molar refractivity (Wildman–Crippen MR) is 104 cm³/mol. The van der Waals surface area contributed by atoms with Gasteiger partial charge in [0.15, 0.2) is 5.76 Å². The summed E-state index contributed by atoms with van der Waals surface area (Å²) < 4.78 is 31.8. The van der Waals surface area contributed by atoms with Gasteiger partial charge < -0.3 is 14.6 Å². The van der Waals surface area contributed by atoms with Gasteiger partial charge in [-0.3, -0.25) is 9.59 Å². The van der Waals surface area contributed by atoms with Crippen molar-refractivity contribution in [2.75, 3.05) is 20.1 Å². The highest BCUT2D eigenvalue weighted by Gasteiger charge is 2.30. The summed E-state index contributed by atoms with van der Waals surface area (Å²) in [7, 11) is -2.24. The number of likely N-dealkylation sites (tertiary alicyclic amines) is 1. The van der Waals surface area contributed by atoms with E-state index in [-0.39, 0.29) is 34.4 Å². The van der Waals surface area contributed by atoms with Crippen LogP contribution in [0.5, 0.6) is 0 Å². The average molecular weight is 407 g/mol. The Morgan fingerprint density at radius 1 is 1.25 bits per heavy atom. The molecule has 8 nitrogen and oxygen atoms in total. The zero-order chi connectivity index (χ0) is 20.5. The second-order valence-corrected chi connectivity index (χ2v) is 9.16. The van der Waals surface area contributed by atoms with Crippen molar-refractivity contribution in [2.24, 2.45) is 5.92 Å². The van der Waals surface area contributed by atoms with Crippen molar-refractivity contribution < 1.29 is 22.4 Å². The molecule has 152 valence electrons. The number of nitrogens with one attached hydrogen (secondary N) is 2. The van der Waals surface area contributed by atoms with E-state index >= 15 is 0 Å². The number of nitrogens with zero attached hydrogens (tertiary/aromatic N) is 1. The molecule has 0 saturated carbocycles. The fourth-order valence-corrected chi connectivity index (χ4v) is 4.11. The van der Waals surface area contributed by atoms with Crippen LogP contribution in [0.3, 0.4) is 0 Å². The molecule has 2 aromatic rings. The van der Waals surface area contributed by atoms with E-state index in [1.165, 1.54) is 25.2 Å². The summed E-state index contributed by atoms with van der Waals surface area (Å²) in [4.78, 5) is 26.9. The lowest BCUT2D eigenvalue weighted by atomic mass is 9.96. The topological polar surface area (TPSA) is 109 Å². The van der Waals surface area contributed by atoms with Crippen LogP contribution in [0.4, 0.5) is 0 Å². The summed E-state index contributed by atoms with van der Waals surface area (Å²) in [5.41, 5.74) is 0.435. The van der Waals surface area contributed by atoms with Crippen LogP contribution < -0.4 is 10.0 Å². The number of hydrogen-bond acceptors (Lipinski definition) is 5. The van der Waals surface area contributed by atoms with Crippen LogP contribution in [0.15, 0.2) is 33.6 Å². The first-order chi connectivity index (χ1) is 13.2. The normalized spacial score (nSPS) is 17.9. The van der Waals surface area contributed by atoms with Gasteiger partial charge in [-0.1, -0.05) is 0 Å². The molecule has 9 heteroatoms. The number of furan rings is 1. The number of amides is 2. The molecule has 0 aliphatic carbocycles. The van der Waals surface area contributed by atoms with E-state index in [0.717, 1.165) is 12.8 Å². The number of sulfonamides is 1. The lowest BCUT2D eigenvalue weighted by Gasteiger charge is -2.31. The Bertz CT molecular complexity index is 996. The molecule has 1 aromatic heterocycles. The van der Waals surface area contributed by atoms with Gasteiger partial charge in [-0.2, -0.15) is 0 Å². The number of piperidine rings is 1. The highest BCUT2D eigenvalue weighted by Crippen LogP contribution is 2.25. The highest BCUT2D eigenvalue weighted by molar-refractivity contribution is 7.89. The highest BCUT2D eigenvalue weighted by atomic mass is 32.2. The number of benzene rings is 1. The van der Waals surface area contributed by atoms with Gasteiger partial charge in [-0.25, -0.2) is 13.1 Å². The maximum Gasteiger partial charge on any atom is 0.289 e. The van der Waals surface area contributed by atoms with Crippen molar-refractivity contribution in [1.82, 2.24) is 14.9 Å². The number of hydrogen-bond donors (Lipinski definition) is 2. The fourth-order valence-electron chi connectivity index (χ4n) is 3.35. The first kappa shape index (κ1) is 20.3. The SMILES string of the molecule is CNS(=O)(=O)c1ccc2oc(C(=O)N3CCCC(C(=O)NC(C)C)C3)cc2c1. The minimum Gasteiger partial charge on any atom is -0.451 e. The minimum atomic E-state index is -3.58. The zero-order valence-electron chi connectivity index (χ0n) is 16.2. The van der Waals surface area contributed by atoms with Crippen LogP contribution in [0.2, 0.25) is 0 Å². The smallest absolute Gasteiger partial charge is 0.289 e. The summed E-state index contributed by atoms with van der Waals surface area (Å²) in [6.07, 6.45) is 1.49. The molecule has 2 heterocycles. The van der Waals surface area contributed by atoms with Crippen LogP contribution in [-0.2, 0) is 14.8 Å². The molecule has 0 bridgehead atoms. The molecule has 0 spiro atoms. The molecule has 1 saturated heterocycles. The summed E-state index contributed by atoms with van der Waals surface area (Å²) >= 11 is 0. The van der Waals surface area contributed by atoms with Crippen molar-refractivity contribution in [3.8, 4) is 0 Å². The molecule has 28 heavy (non-hydrogen) atoms. The Kier molecular flexibility index (Phi) is 5.76. The maximum absolute atomic E-state index is 12.9. The lowest BCUT2D eigenvalue weighted by Crippen LogP contribution is -2.46. The van der Waals surface area contributed by atoms with Crippen molar-refractivity contribution in [1.29, 1.82) is 0 Å². The molecule has 1 aliphatic heterocycles. The Morgan fingerprint density at radius 2 is 2.00 bits per heavy atom. The summed E-state index contributed by atoms with van der Waals surface area (Å²) in [5.74, 6) is -0.439. The van der Waals surface area contributed by atoms with Gasteiger partial charge in [0.1, 0.15) is 5.58 Å². The maximum atomic E-state index is 12.9. The summed E-state index contributed by atoms with van der Waals surface area (Å²) in [6.45, 7) is 4.70. The standard InChI is InChI=1S/C19H25N3O5S/c1-12(2)21-18(23)13-5-4-8-22(11-13)19(24)17-10-14-9-15(28(25,26)20-3)6-7-16(14)27-17/h6-7,9-10,12-13,20H,4-5,8,11H2,1-3H3,(H,21,23). The Morgan fingerprint density at radius 3 is 2.68 bits per heavy atom. The fraction of sp³-hybridized carbons (Fsp3) is 0.474. The van der Waals surface area contributed by atoms with Crippen LogP contribution in [0.25, 0.3) is 11.0 Å². The molecule has 1 unspecified atom stereocenters. The first-order valence-electron chi connectivity index (χ1n) is 9.28. The monoisotopic (exact) mass is 407 g/mol. The van der Waals surface area contributed by atoms with E-state index in [0.29, 0.717) is 24.1 Å². The third-order valence-corrected chi connectivity index (χ3v) is 6.20. The molecular formula is C19H25N3O5S. The summed E-state index contributed by atoms with van der Waals surface area (Å²) in [5, 5.41) is 3.43. The van der Waals surface area contributed by atoms with Gasteiger partial charge in [-0.15, -0.1) is 0 Å². The van der Waals surface area contributed by atoms with Crippen molar-refractivity contribution in [3.05, 3.63) is 30.0 Å². The zero-order valence-corrected chi connectivity index (χ0v) is 17.0. The third kappa shape index (κ3) is 4.20. The van der Waals surface area contributed by atoms with Gasteiger partial charge in [-0.05, 0) is 58.0 Å². The van der Waals surface area contributed by atoms with Gasteiger partial charge in [0, 0.05) is 24.5 Å². The molecule has 2 amide bonds. The van der Waals surface area contributed by atoms with Crippen LogP contribution in [0, 0.1) is 5.92 Å². The molecule has 1 aromatic carbocycles. The van der Waals surface area contributed by atoms with Crippen molar-refractivity contribution >= 4 is 32.8 Å². The van der Waals surface area contributed by atoms with Gasteiger partial charge in [0.05, 0.1) is 10.8 Å². The number of rotatable bonds is 5. The quantitative estimate of drug-likeness (QED) is 0.784. The van der Waals surface area contributed by atoms with Gasteiger partial charge >= 0.3 is 0 Å². The lowest BCUT2D eigenvalue weighted by molar-refractivity contribution is -0.126. The molecule has 1 aliphatic rings. The van der Waals surface area contributed by atoms with Crippen molar-refractivity contribution in [2.45, 2.75) is 37.6 Å². The molecule has 0 radical (unpaired) electrons. The Labute approximate surface area is 164 Å². The molecule has 1 atom stereocenters. The Hall–Kier alpha value is -2.39. The van der Waals surface area contributed by atoms with E-state index < -0.39 is 10.0 Å². The first-order valence-corrected chi connectivity index (χ1v) is 10.8.